The molecule has 0 rings (SSSR count). The molecule has 0 bridgehead atoms. The van der Waals surface area contributed by atoms with Crippen LogP contribution >= 0.6 is 0 Å². The van der Waals surface area contributed by atoms with Crippen molar-refractivity contribution in [1.82, 2.24) is 5.32 Å². The molecule has 0 aliphatic rings. The molecular formula is C43H81NO3. The number of allylic oxidation sites excluding steroid dienone is 6. The fourth-order valence-corrected chi connectivity index (χ4v) is 6.26. The molecule has 1 amide bonds. The van der Waals surface area contributed by atoms with Crippen molar-refractivity contribution in [3.05, 3.63) is 36.5 Å². The zero-order valence-electron chi connectivity index (χ0n) is 31.5. The minimum atomic E-state index is -0.666. The number of hydrogen-bond donors (Lipinski definition) is 3. The van der Waals surface area contributed by atoms with Crippen molar-refractivity contribution in [2.45, 2.75) is 225 Å². The maximum absolute atomic E-state index is 12.4. The molecule has 0 aliphatic carbocycles. The number of aliphatic hydroxyl groups excluding tert-OH is 2. The fraction of sp³-hybridized carbons (Fsp3) is 0.837. The van der Waals surface area contributed by atoms with Crippen LogP contribution < -0.4 is 5.32 Å². The standard InChI is InChI=1S/C43H81NO3/c1-3-5-7-9-11-13-15-17-19-20-21-22-23-25-26-28-30-32-34-36-38-42(46)41(40-45)44-43(47)39-37-35-33-31-29-27-24-18-16-14-12-10-8-6-4-2/h6,8,12,14,18,24,41-42,45-46H,3-5,7,9-11,13,15-17,19-23,25-40H2,1-2H3,(H,44,47)/b8-6-,14-12-,24-18-. The third kappa shape index (κ3) is 35.7. The van der Waals surface area contributed by atoms with E-state index in [1.807, 2.05) is 0 Å². The molecule has 4 heteroatoms. The van der Waals surface area contributed by atoms with Crippen molar-refractivity contribution in [2.24, 2.45) is 0 Å². The van der Waals surface area contributed by atoms with Gasteiger partial charge in [-0.15, -0.1) is 0 Å². The molecule has 0 aromatic rings. The van der Waals surface area contributed by atoms with Crippen LogP contribution in [0.5, 0.6) is 0 Å². The maximum atomic E-state index is 12.4. The Hall–Kier alpha value is -1.39. The smallest absolute Gasteiger partial charge is 0.220 e. The Labute approximate surface area is 293 Å². The lowest BCUT2D eigenvalue weighted by molar-refractivity contribution is -0.123. The number of carbonyl (C=O) groups is 1. The van der Waals surface area contributed by atoms with Gasteiger partial charge in [-0.05, 0) is 44.9 Å². The highest BCUT2D eigenvalue weighted by Crippen LogP contribution is 2.16. The topological polar surface area (TPSA) is 69.6 Å². The summed E-state index contributed by atoms with van der Waals surface area (Å²) in [6.45, 7) is 4.24. The van der Waals surface area contributed by atoms with E-state index in [1.165, 1.54) is 128 Å². The predicted octanol–water partition coefficient (Wildman–Crippen LogP) is 12.6. The van der Waals surface area contributed by atoms with Gasteiger partial charge in [0.15, 0.2) is 0 Å². The van der Waals surface area contributed by atoms with Gasteiger partial charge >= 0.3 is 0 Å². The van der Waals surface area contributed by atoms with Crippen LogP contribution in [0.2, 0.25) is 0 Å². The van der Waals surface area contributed by atoms with E-state index in [4.69, 9.17) is 0 Å². The first-order valence-electron chi connectivity index (χ1n) is 20.7. The van der Waals surface area contributed by atoms with E-state index in [0.717, 1.165) is 57.8 Å². The average Bonchev–Trinajstić information content (AvgIpc) is 3.07. The van der Waals surface area contributed by atoms with E-state index >= 15 is 0 Å². The summed E-state index contributed by atoms with van der Waals surface area (Å²) in [7, 11) is 0. The molecule has 0 saturated heterocycles. The first kappa shape index (κ1) is 45.6. The molecule has 2 unspecified atom stereocenters. The van der Waals surface area contributed by atoms with E-state index in [9.17, 15) is 15.0 Å². The molecule has 0 aliphatic heterocycles. The van der Waals surface area contributed by atoms with Crippen LogP contribution in [0.1, 0.15) is 213 Å². The molecule has 0 heterocycles. The van der Waals surface area contributed by atoms with Crippen LogP contribution in [-0.4, -0.2) is 34.9 Å². The second kappa shape index (κ2) is 39.1. The summed E-state index contributed by atoms with van der Waals surface area (Å²) in [6, 6.07) is -0.544. The zero-order chi connectivity index (χ0) is 34.3. The summed E-state index contributed by atoms with van der Waals surface area (Å²) in [4.78, 5) is 12.4. The van der Waals surface area contributed by atoms with Crippen LogP contribution in [0, 0.1) is 0 Å². The molecule has 3 N–H and O–H groups in total. The maximum Gasteiger partial charge on any atom is 0.220 e. The highest BCUT2D eigenvalue weighted by molar-refractivity contribution is 5.76. The summed E-state index contributed by atoms with van der Waals surface area (Å²) in [5.74, 6) is -0.0484. The normalized spacial score (nSPS) is 13.4. The zero-order valence-corrected chi connectivity index (χ0v) is 31.5. The van der Waals surface area contributed by atoms with Crippen molar-refractivity contribution in [1.29, 1.82) is 0 Å². The summed E-state index contributed by atoms with van der Waals surface area (Å²) in [6.07, 6.45) is 50.7. The molecule has 4 nitrogen and oxygen atoms in total. The molecule has 0 spiro atoms. The first-order chi connectivity index (χ1) is 23.2. The molecule has 0 radical (unpaired) electrons. The van der Waals surface area contributed by atoms with Crippen molar-refractivity contribution in [3.63, 3.8) is 0 Å². The number of unbranched alkanes of at least 4 members (excludes halogenated alkanes) is 24. The van der Waals surface area contributed by atoms with Crippen LogP contribution in [0.25, 0.3) is 0 Å². The Morgan fingerprint density at radius 2 is 0.936 bits per heavy atom. The number of amides is 1. The van der Waals surface area contributed by atoms with Gasteiger partial charge in [0.2, 0.25) is 5.91 Å². The van der Waals surface area contributed by atoms with Crippen LogP contribution in [0.15, 0.2) is 36.5 Å². The quantitative estimate of drug-likeness (QED) is 0.0459. The van der Waals surface area contributed by atoms with Gasteiger partial charge < -0.3 is 15.5 Å². The number of aliphatic hydroxyl groups is 2. The largest absolute Gasteiger partial charge is 0.394 e. The van der Waals surface area contributed by atoms with Gasteiger partial charge in [0.25, 0.3) is 0 Å². The van der Waals surface area contributed by atoms with Gasteiger partial charge in [-0.3, -0.25) is 4.79 Å². The number of hydrogen-bond acceptors (Lipinski definition) is 3. The third-order valence-corrected chi connectivity index (χ3v) is 9.42. The summed E-state index contributed by atoms with van der Waals surface area (Å²) in [5, 5.41) is 23.1. The molecule has 0 aromatic carbocycles. The lowest BCUT2D eigenvalue weighted by Gasteiger charge is -2.22. The summed E-state index contributed by atoms with van der Waals surface area (Å²) in [5.41, 5.74) is 0. The van der Waals surface area contributed by atoms with E-state index < -0.39 is 12.1 Å². The molecule has 0 aromatic heterocycles. The minimum Gasteiger partial charge on any atom is -0.394 e. The third-order valence-electron chi connectivity index (χ3n) is 9.42. The van der Waals surface area contributed by atoms with Gasteiger partial charge in [-0.25, -0.2) is 0 Å². The Bertz CT molecular complexity index is 716. The lowest BCUT2D eigenvalue weighted by atomic mass is 10.0. The van der Waals surface area contributed by atoms with Gasteiger partial charge in [0.05, 0.1) is 18.8 Å². The molecule has 276 valence electrons. The first-order valence-corrected chi connectivity index (χ1v) is 20.7. The van der Waals surface area contributed by atoms with Crippen molar-refractivity contribution in [2.75, 3.05) is 6.61 Å². The lowest BCUT2D eigenvalue weighted by Crippen LogP contribution is -2.45. The van der Waals surface area contributed by atoms with Crippen molar-refractivity contribution >= 4 is 5.91 Å². The fourth-order valence-electron chi connectivity index (χ4n) is 6.26. The second-order valence-corrected chi connectivity index (χ2v) is 14.0. The van der Waals surface area contributed by atoms with Crippen molar-refractivity contribution in [3.8, 4) is 0 Å². The van der Waals surface area contributed by atoms with E-state index in [0.29, 0.717) is 12.8 Å². The Balaban J connectivity index is 3.54. The molecule has 0 saturated carbocycles. The highest BCUT2D eigenvalue weighted by Gasteiger charge is 2.19. The van der Waals surface area contributed by atoms with E-state index in [1.54, 1.807) is 0 Å². The number of carbonyl (C=O) groups excluding carboxylic acids is 1. The van der Waals surface area contributed by atoms with Gasteiger partial charge in [-0.1, -0.05) is 198 Å². The second-order valence-electron chi connectivity index (χ2n) is 14.0. The van der Waals surface area contributed by atoms with Crippen LogP contribution in [-0.2, 0) is 4.79 Å². The van der Waals surface area contributed by atoms with E-state index in [-0.39, 0.29) is 12.5 Å². The highest BCUT2D eigenvalue weighted by atomic mass is 16.3. The van der Waals surface area contributed by atoms with Gasteiger partial charge in [-0.2, -0.15) is 0 Å². The molecule has 0 fully saturated rings. The van der Waals surface area contributed by atoms with Crippen LogP contribution in [0.3, 0.4) is 0 Å². The Kier molecular flexibility index (Phi) is 37.9. The molecule has 2 atom stereocenters. The predicted molar refractivity (Wildman–Crippen MR) is 207 cm³/mol. The monoisotopic (exact) mass is 660 g/mol. The average molecular weight is 660 g/mol. The summed E-state index contributed by atoms with van der Waals surface area (Å²) < 4.78 is 0. The van der Waals surface area contributed by atoms with Gasteiger partial charge in [0.1, 0.15) is 0 Å². The van der Waals surface area contributed by atoms with E-state index in [2.05, 4.69) is 55.6 Å². The van der Waals surface area contributed by atoms with Gasteiger partial charge in [0, 0.05) is 6.42 Å². The molecular weight excluding hydrogens is 578 g/mol. The minimum absolute atomic E-state index is 0.0484. The SMILES string of the molecule is CC/C=C\C/C=C\C/C=C\CCCCCCCC(=O)NC(CO)C(O)CCCCCCCCCCCCCCCCCCCCCC. The number of rotatable bonds is 37. The Morgan fingerprint density at radius 1 is 0.532 bits per heavy atom. The summed E-state index contributed by atoms with van der Waals surface area (Å²) >= 11 is 0. The van der Waals surface area contributed by atoms with Crippen molar-refractivity contribution < 1.29 is 15.0 Å². The Morgan fingerprint density at radius 3 is 1.40 bits per heavy atom. The molecule has 47 heavy (non-hydrogen) atoms. The van der Waals surface area contributed by atoms with Crippen LogP contribution in [0.4, 0.5) is 0 Å². The number of nitrogens with one attached hydrogen (secondary N) is 1.